The Balaban J connectivity index is 1.68. The Morgan fingerprint density at radius 1 is 1.11 bits per heavy atom. The lowest BCUT2D eigenvalue weighted by Crippen LogP contribution is -2.31. The second kappa shape index (κ2) is 10.3. The van der Waals surface area contributed by atoms with Crippen molar-refractivity contribution in [2.75, 3.05) is 17.2 Å². The highest BCUT2D eigenvalue weighted by atomic mass is 16.1. The van der Waals surface area contributed by atoms with Gasteiger partial charge in [-0.1, -0.05) is 26.8 Å². The molecule has 0 saturated heterocycles. The van der Waals surface area contributed by atoms with Gasteiger partial charge in [0, 0.05) is 29.9 Å². The van der Waals surface area contributed by atoms with E-state index in [1.165, 1.54) is 17.3 Å². The van der Waals surface area contributed by atoms with Crippen LogP contribution in [0.15, 0.2) is 36.5 Å². The van der Waals surface area contributed by atoms with Crippen LogP contribution < -0.4 is 21.3 Å². The molecule has 9 nitrogen and oxygen atoms in total. The number of aromatic nitrogens is 3. The molecule has 2 aromatic heterocycles. The SMILES string of the molecule is CC(C)NC(=O)c1cnc(Nc2ccc3c(c2)CCNC3)nc1Nc1ccc(C#N)c(C(C)(C)C)n1. The van der Waals surface area contributed by atoms with Crippen LogP contribution in [0.25, 0.3) is 0 Å². The van der Waals surface area contributed by atoms with Crippen molar-refractivity contribution < 1.29 is 4.79 Å². The molecule has 186 valence electrons. The van der Waals surface area contributed by atoms with E-state index in [1.54, 1.807) is 12.1 Å². The fourth-order valence-corrected chi connectivity index (χ4v) is 4.04. The van der Waals surface area contributed by atoms with Gasteiger partial charge in [-0.15, -0.1) is 0 Å². The third kappa shape index (κ3) is 5.78. The average Bonchev–Trinajstić information content (AvgIpc) is 2.83. The average molecular weight is 485 g/mol. The molecule has 4 rings (SSSR count). The van der Waals surface area contributed by atoms with Crippen LogP contribution in [0.1, 0.15) is 67.4 Å². The van der Waals surface area contributed by atoms with Gasteiger partial charge in [0.2, 0.25) is 5.95 Å². The first-order chi connectivity index (χ1) is 17.1. The molecule has 0 saturated carbocycles. The molecule has 0 spiro atoms. The molecule has 3 aromatic rings. The van der Waals surface area contributed by atoms with Gasteiger partial charge in [-0.25, -0.2) is 9.97 Å². The minimum Gasteiger partial charge on any atom is -0.350 e. The van der Waals surface area contributed by atoms with Crippen LogP contribution in [0.5, 0.6) is 0 Å². The van der Waals surface area contributed by atoms with Crippen molar-refractivity contribution in [3.63, 3.8) is 0 Å². The van der Waals surface area contributed by atoms with Crippen LogP contribution in [-0.2, 0) is 18.4 Å². The van der Waals surface area contributed by atoms with Gasteiger partial charge in [0.25, 0.3) is 5.91 Å². The molecule has 9 heteroatoms. The predicted molar refractivity (Wildman–Crippen MR) is 141 cm³/mol. The Hall–Kier alpha value is -4.03. The van der Waals surface area contributed by atoms with E-state index in [0.717, 1.165) is 25.2 Å². The van der Waals surface area contributed by atoms with Crippen LogP contribution in [0.3, 0.4) is 0 Å². The molecule has 1 amide bonds. The Morgan fingerprint density at radius 3 is 2.64 bits per heavy atom. The summed E-state index contributed by atoms with van der Waals surface area (Å²) in [6, 6.07) is 11.8. The first-order valence-electron chi connectivity index (χ1n) is 12.1. The van der Waals surface area contributed by atoms with Gasteiger partial charge in [0.15, 0.2) is 0 Å². The summed E-state index contributed by atoms with van der Waals surface area (Å²) >= 11 is 0. The molecule has 0 radical (unpaired) electrons. The summed E-state index contributed by atoms with van der Waals surface area (Å²) in [5.41, 5.74) is 4.61. The number of anilines is 4. The molecule has 0 unspecified atom stereocenters. The second-order valence-corrected chi connectivity index (χ2v) is 10.2. The van der Waals surface area contributed by atoms with Gasteiger partial charge in [-0.05, 0) is 62.2 Å². The lowest BCUT2D eigenvalue weighted by Gasteiger charge is -2.20. The number of pyridine rings is 1. The number of amides is 1. The van der Waals surface area contributed by atoms with Gasteiger partial charge in [0.05, 0.1) is 11.3 Å². The molecule has 1 aromatic carbocycles. The lowest BCUT2D eigenvalue weighted by molar-refractivity contribution is 0.0943. The van der Waals surface area contributed by atoms with Crippen LogP contribution in [-0.4, -0.2) is 33.4 Å². The zero-order valence-electron chi connectivity index (χ0n) is 21.4. The molecule has 0 atom stereocenters. The third-order valence-corrected chi connectivity index (χ3v) is 5.77. The quantitative estimate of drug-likeness (QED) is 0.407. The zero-order valence-corrected chi connectivity index (χ0v) is 21.4. The van der Waals surface area contributed by atoms with Crippen molar-refractivity contribution in [2.24, 2.45) is 0 Å². The number of hydrogen-bond donors (Lipinski definition) is 4. The van der Waals surface area contributed by atoms with Gasteiger partial charge in [0.1, 0.15) is 23.3 Å². The van der Waals surface area contributed by atoms with E-state index in [-0.39, 0.29) is 17.4 Å². The number of nitrogens with zero attached hydrogens (tertiary/aromatic N) is 4. The Morgan fingerprint density at radius 2 is 1.92 bits per heavy atom. The number of carbonyl (C=O) groups excluding carboxylic acids is 1. The molecule has 4 N–H and O–H groups in total. The maximum Gasteiger partial charge on any atom is 0.256 e. The summed E-state index contributed by atoms with van der Waals surface area (Å²) in [4.78, 5) is 26.6. The van der Waals surface area contributed by atoms with Crippen molar-refractivity contribution in [2.45, 2.75) is 59.0 Å². The molecule has 36 heavy (non-hydrogen) atoms. The van der Waals surface area contributed by atoms with Crippen molar-refractivity contribution in [1.82, 2.24) is 25.6 Å². The van der Waals surface area contributed by atoms with Crippen molar-refractivity contribution in [1.29, 1.82) is 5.26 Å². The van der Waals surface area contributed by atoms with Crippen molar-refractivity contribution >= 4 is 29.2 Å². The fourth-order valence-electron chi connectivity index (χ4n) is 4.04. The normalized spacial score (nSPS) is 13.0. The van der Waals surface area contributed by atoms with Crippen LogP contribution in [0.2, 0.25) is 0 Å². The molecule has 1 aliphatic rings. The first-order valence-corrected chi connectivity index (χ1v) is 12.1. The molecular weight excluding hydrogens is 452 g/mol. The minimum absolute atomic E-state index is 0.0475. The maximum absolute atomic E-state index is 12.9. The molecule has 0 aliphatic carbocycles. The molecular formula is C27H32N8O. The number of nitriles is 1. The highest BCUT2D eigenvalue weighted by molar-refractivity contribution is 5.99. The van der Waals surface area contributed by atoms with Crippen LogP contribution in [0, 0.1) is 11.3 Å². The number of hydrogen-bond acceptors (Lipinski definition) is 8. The topological polar surface area (TPSA) is 128 Å². The number of carbonyl (C=O) groups is 1. The zero-order chi connectivity index (χ0) is 25.9. The smallest absolute Gasteiger partial charge is 0.256 e. The van der Waals surface area contributed by atoms with E-state index in [9.17, 15) is 10.1 Å². The lowest BCUT2D eigenvalue weighted by atomic mass is 9.88. The number of fused-ring (bicyclic) bond motifs is 1. The predicted octanol–water partition coefficient (Wildman–Crippen LogP) is 4.31. The largest absolute Gasteiger partial charge is 0.350 e. The van der Waals surface area contributed by atoms with Crippen molar-refractivity contribution in [3.05, 3.63) is 64.5 Å². The first kappa shape index (κ1) is 25.1. The van der Waals surface area contributed by atoms with Gasteiger partial charge >= 0.3 is 0 Å². The highest BCUT2D eigenvalue weighted by Crippen LogP contribution is 2.28. The van der Waals surface area contributed by atoms with E-state index in [2.05, 4.69) is 54.4 Å². The standard InChI is InChI=1S/C27H32N8O/c1-16(2)31-25(36)21-15-30-26(32-20-8-6-19-14-29-11-10-17(19)12-20)35-24(21)34-22-9-7-18(13-28)23(33-22)27(3,4)5/h6-9,12,15-16,29H,10-11,14H2,1-5H3,(H,31,36)(H2,30,32,33,34,35). The minimum atomic E-state index is -0.332. The number of nitrogens with one attached hydrogen (secondary N) is 4. The Kier molecular flexibility index (Phi) is 7.17. The van der Waals surface area contributed by atoms with E-state index < -0.39 is 0 Å². The third-order valence-electron chi connectivity index (χ3n) is 5.77. The maximum atomic E-state index is 12.9. The fraction of sp³-hybridized carbons (Fsp3) is 0.370. The van der Waals surface area contributed by atoms with Crippen LogP contribution >= 0.6 is 0 Å². The number of benzene rings is 1. The van der Waals surface area contributed by atoms with Gasteiger partial charge in [-0.2, -0.15) is 10.2 Å². The summed E-state index contributed by atoms with van der Waals surface area (Å²) in [5, 5.41) is 22.2. The monoisotopic (exact) mass is 484 g/mol. The van der Waals surface area contributed by atoms with Gasteiger partial charge in [-0.3, -0.25) is 4.79 Å². The van der Waals surface area contributed by atoms with Crippen LogP contribution in [0.4, 0.5) is 23.3 Å². The number of rotatable bonds is 6. The summed E-state index contributed by atoms with van der Waals surface area (Å²) in [7, 11) is 0. The molecule has 1 aliphatic heterocycles. The summed E-state index contributed by atoms with van der Waals surface area (Å²) in [6.07, 6.45) is 2.47. The van der Waals surface area contributed by atoms with Gasteiger partial charge < -0.3 is 21.3 Å². The summed E-state index contributed by atoms with van der Waals surface area (Å²) in [6.45, 7) is 11.6. The second-order valence-electron chi connectivity index (χ2n) is 10.2. The summed E-state index contributed by atoms with van der Waals surface area (Å²) in [5.74, 6) is 0.885. The van der Waals surface area contributed by atoms with E-state index in [4.69, 9.17) is 0 Å². The molecule has 0 fully saturated rings. The highest BCUT2D eigenvalue weighted by Gasteiger charge is 2.22. The summed E-state index contributed by atoms with van der Waals surface area (Å²) < 4.78 is 0. The molecule has 0 bridgehead atoms. The van der Waals surface area contributed by atoms with Crippen molar-refractivity contribution in [3.8, 4) is 6.07 Å². The van der Waals surface area contributed by atoms with E-state index in [0.29, 0.717) is 34.4 Å². The Labute approximate surface area is 211 Å². The van der Waals surface area contributed by atoms with E-state index >= 15 is 0 Å². The van der Waals surface area contributed by atoms with E-state index in [1.807, 2.05) is 40.7 Å². The Bertz CT molecular complexity index is 1320. The molecule has 3 heterocycles.